The van der Waals surface area contributed by atoms with Crippen molar-refractivity contribution in [3.63, 3.8) is 0 Å². The molecule has 1 amide bonds. The number of benzene rings is 1. The molecule has 0 spiro atoms. The molecule has 1 aromatic carbocycles. The van der Waals surface area contributed by atoms with Crippen LogP contribution in [0.3, 0.4) is 0 Å². The van der Waals surface area contributed by atoms with Gasteiger partial charge in [-0.05, 0) is 26.0 Å². The molecule has 2 rings (SSSR count). The maximum absolute atomic E-state index is 11.8. The standard InChI is InChI=1S/C15H20N4O/c1-10(2)18-14(20)9-19(3)13-7-8-17-15-11(13)5-4-6-12(15)16/h4-8,10H,9,16H2,1-3H3,(H,18,20). The third kappa shape index (κ3) is 2.99. The lowest BCUT2D eigenvalue weighted by Crippen LogP contribution is -2.38. The predicted octanol–water partition coefficient (Wildman–Crippen LogP) is 1.78. The smallest absolute Gasteiger partial charge is 0.239 e. The van der Waals surface area contributed by atoms with Crippen LogP contribution in [0, 0.1) is 0 Å². The molecular weight excluding hydrogens is 252 g/mol. The van der Waals surface area contributed by atoms with Gasteiger partial charge >= 0.3 is 0 Å². The minimum Gasteiger partial charge on any atom is -0.397 e. The molecule has 106 valence electrons. The minimum atomic E-state index is -0.00337. The van der Waals surface area contributed by atoms with Crippen LogP contribution in [0.15, 0.2) is 30.5 Å². The number of hydrogen-bond acceptors (Lipinski definition) is 4. The van der Waals surface area contributed by atoms with Crippen molar-refractivity contribution in [3.8, 4) is 0 Å². The average molecular weight is 272 g/mol. The summed E-state index contributed by atoms with van der Waals surface area (Å²) in [4.78, 5) is 18.1. The molecule has 5 nitrogen and oxygen atoms in total. The highest BCUT2D eigenvalue weighted by atomic mass is 16.2. The molecule has 0 radical (unpaired) electrons. The quantitative estimate of drug-likeness (QED) is 0.832. The number of carbonyl (C=O) groups is 1. The molecule has 5 heteroatoms. The van der Waals surface area contributed by atoms with E-state index in [0.717, 1.165) is 16.6 Å². The summed E-state index contributed by atoms with van der Waals surface area (Å²) in [5, 5.41) is 3.83. The molecule has 0 bridgehead atoms. The number of pyridine rings is 1. The fraction of sp³-hybridized carbons (Fsp3) is 0.333. The molecule has 0 aliphatic heterocycles. The number of nitrogens with zero attached hydrogens (tertiary/aromatic N) is 2. The van der Waals surface area contributed by atoms with Gasteiger partial charge in [-0.1, -0.05) is 12.1 Å². The van der Waals surface area contributed by atoms with E-state index in [-0.39, 0.29) is 11.9 Å². The second-order valence-corrected chi connectivity index (χ2v) is 5.15. The number of nitrogens with one attached hydrogen (secondary N) is 1. The van der Waals surface area contributed by atoms with E-state index in [9.17, 15) is 4.79 Å². The largest absolute Gasteiger partial charge is 0.397 e. The number of nitrogens with two attached hydrogens (primary N) is 1. The van der Waals surface area contributed by atoms with E-state index in [0.29, 0.717) is 12.2 Å². The zero-order chi connectivity index (χ0) is 14.7. The van der Waals surface area contributed by atoms with Gasteiger partial charge in [0.05, 0.1) is 17.7 Å². The summed E-state index contributed by atoms with van der Waals surface area (Å²) in [5.41, 5.74) is 8.29. The maximum Gasteiger partial charge on any atom is 0.239 e. The van der Waals surface area contributed by atoms with E-state index in [2.05, 4.69) is 10.3 Å². The molecule has 0 fully saturated rings. The number of fused-ring (bicyclic) bond motifs is 1. The van der Waals surface area contributed by atoms with Gasteiger partial charge in [-0.25, -0.2) is 0 Å². The molecule has 0 saturated heterocycles. The topological polar surface area (TPSA) is 71.2 Å². The minimum absolute atomic E-state index is 0.00337. The normalized spacial score (nSPS) is 10.8. The van der Waals surface area contributed by atoms with Crippen molar-refractivity contribution in [1.29, 1.82) is 0 Å². The third-order valence-electron chi connectivity index (χ3n) is 3.02. The Kier molecular flexibility index (Phi) is 4.08. The first-order chi connectivity index (χ1) is 9.49. The van der Waals surface area contributed by atoms with Gasteiger partial charge in [0.2, 0.25) is 5.91 Å². The summed E-state index contributed by atoms with van der Waals surface area (Å²) < 4.78 is 0. The Hall–Kier alpha value is -2.30. The number of aromatic nitrogens is 1. The van der Waals surface area contributed by atoms with E-state index in [4.69, 9.17) is 5.73 Å². The van der Waals surface area contributed by atoms with Gasteiger partial charge in [0.1, 0.15) is 0 Å². The molecule has 0 unspecified atom stereocenters. The summed E-state index contributed by atoms with van der Waals surface area (Å²) in [7, 11) is 1.89. The Labute approximate surface area is 118 Å². The zero-order valence-corrected chi connectivity index (χ0v) is 12.1. The average Bonchev–Trinajstić information content (AvgIpc) is 2.37. The summed E-state index contributed by atoms with van der Waals surface area (Å²) in [6.07, 6.45) is 1.71. The number of rotatable bonds is 4. The second-order valence-electron chi connectivity index (χ2n) is 5.15. The number of amides is 1. The molecule has 0 aliphatic carbocycles. The highest BCUT2D eigenvalue weighted by molar-refractivity contribution is 5.98. The lowest BCUT2D eigenvalue weighted by Gasteiger charge is -2.21. The van der Waals surface area contributed by atoms with Crippen molar-refractivity contribution >= 4 is 28.2 Å². The first-order valence-corrected chi connectivity index (χ1v) is 6.62. The van der Waals surface area contributed by atoms with Crippen molar-refractivity contribution in [2.75, 3.05) is 24.2 Å². The first kappa shape index (κ1) is 14.1. The number of likely N-dealkylation sites (N-methyl/N-ethyl adjacent to an activating group) is 1. The number of para-hydroxylation sites is 1. The molecule has 1 heterocycles. The van der Waals surface area contributed by atoms with Crippen LogP contribution in [0.4, 0.5) is 11.4 Å². The molecule has 3 N–H and O–H groups in total. The summed E-state index contributed by atoms with van der Waals surface area (Å²) in [6, 6.07) is 7.71. The van der Waals surface area contributed by atoms with Crippen LogP contribution in [0.2, 0.25) is 0 Å². The molecule has 2 aromatic rings. The van der Waals surface area contributed by atoms with Crippen molar-refractivity contribution < 1.29 is 4.79 Å². The van der Waals surface area contributed by atoms with Crippen LogP contribution >= 0.6 is 0 Å². The van der Waals surface area contributed by atoms with Gasteiger partial charge in [-0.2, -0.15) is 0 Å². The number of nitrogen functional groups attached to an aromatic ring is 1. The molecule has 0 saturated carbocycles. The lowest BCUT2D eigenvalue weighted by atomic mass is 10.1. The Morgan fingerprint density at radius 3 is 2.85 bits per heavy atom. The van der Waals surface area contributed by atoms with E-state index >= 15 is 0 Å². The first-order valence-electron chi connectivity index (χ1n) is 6.62. The summed E-state index contributed by atoms with van der Waals surface area (Å²) in [5.74, 6) is -0.00337. The SMILES string of the molecule is CC(C)NC(=O)CN(C)c1ccnc2c(N)cccc12. The van der Waals surface area contributed by atoms with Crippen LogP contribution < -0.4 is 16.0 Å². The number of hydrogen-bond donors (Lipinski definition) is 2. The zero-order valence-electron chi connectivity index (χ0n) is 12.1. The number of carbonyl (C=O) groups excluding carboxylic acids is 1. The molecule has 0 aliphatic rings. The van der Waals surface area contributed by atoms with Crippen LogP contribution in [-0.4, -0.2) is 30.5 Å². The fourth-order valence-electron chi connectivity index (χ4n) is 2.19. The van der Waals surface area contributed by atoms with Crippen molar-refractivity contribution in [2.45, 2.75) is 19.9 Å². The molecule has 1 aromatic heterocycles. The van der Waals surface area contributed by atoms with Crippen LogP contribution in [0.25, 0.3) is 10.9 Å². The van der Waals surface area contributed by atoms with Crippen LogP contribution in [0.1, 0.15) is 13.8 Å². The van der Waals surface area contributed by atoms with E-state index < -0.39 is 0 Å². The summed E-state index contributed by atoms with van der Waals surface area (Å²) in [6.45, 7) is 4.19. The van der Waals surface area contributed by atoms with Crippen molar-refractivity contribution in [2.24, 2.45) is 0 Å². The lowest BCUT2D eigenvalue weighted by molar-refractivity contribution is -0.120. The van der Waals surface area contributed by atoms with Gasteiger partial charge in [-0.15, -0.1) is 0 Å². The Bertz CT molecular complexity index is 624. The molecular formula is C15H20N4O. The van der Waals surface area contributed by atoms with Crippen LogP contribution in [0.5, 0.6) is 0 Å². The fourth-order valence-corrected chi connectivity index (χ4v) is 2.19. The Balaban J connectivity index is 2.29. The van der Waals surface area contributed by atoms with Crippen molar-refractivity contribution in [3.05, 3.63) is 30.5 Å². The maximum atomic E-state index is 11.8. The van der Waals surface area contributed by atoms with Gasteiger partial charge in [0.25, 0.3) is 0 Å². The number of anilines is 2. The van der Waals surface area contributed by atoms with Gasteiger partial charge in [0.15, 0.2) is 0 Å². The van der Waals surface area contributed by atoms with Gasteiger partial charge < -0.3 is 16.0 Å². The molecule has 20 heavy (non-hydrogen) atoms. The van der Waals surface area contributed by atoms with Crippen LogP contribution in [-0.2, 0) is 4.79 Å². The van der Waals surface area contributed by atoms with Gasteiger partial charge in [-0.3, -0.25) is 9.78 Å². The molecule has 0 atom stereocenters. The third-order valence-corrected chi connectivity index (χ3v) is 3.02. The second kappa shape index (κ2) is 5.77. The monoisotopic (exact) mass is 272 g/mol. The Morgan fingerprint density at radius 2 is 2.15 bits per heavy atom. The van der Waals surface area contributed by atoms with Gasteiger partial charge in [0, 0.05) is 30.4 Å². The Morgan fingerprint density at radius 1 is 1.40 bits per heavy atom. The van der Waals surface area contributed by atoms with E-state index in [1.807, 2.05) is 50.1 Å². The predicted molar refractivity (Wildman–Crippen MR) is 82.7 cm³/mol. The van der Waals surface area contributed by atoms with E-state index in [1.54, 1.807) is 6.20 Å². The van der Waals surface area contributed by atoms with E-state index in [1.165, 1.54) is 0 Å². The highest BCUT2D eigenvalue weighted by Gasteiger charge is 2.12. The van der Waals surface area contributed by atoms with Crippen molar-refractivity contribution in [1.82, 2.24) is 10.3 Å². The highest BCUT2D eigenvalue weighted by Crippen LogP contribution is 2.27. The summed E-state index contributed by atoms with van der Waals surface area (Å²) >= 11 is 0.